The van der Waals surface area contributed by atoms with Crippen LogP contribution in [0.25, 0.3) is 11.5 Å². The number of rotatable bonds is 7. The summed E-state index contributed by atoms with van der Waals surface area (Å²) in [6.45, 7) is 0.0704. The molecule has 2 heterocycles. The number of sulfonamides is 1. The Balaban J connectivity index is 1.65. The van der Waals surface area contributed by atoms with Crippen molar-refractivity contribution in [3.63, 3.8) is 0 Å². The zero-order chi connectivity index (χ0) is 16.8. The number of benzene rings is 1. The highest BCUT2D eigenvalue weighted by atomic mass is 32.2. The molecule has 0 saturated heterocycles. The first kappa shape index (κ1) is 16.4. The first-order valence-electron chi connectivity index (χ1n) is 7.49. The third-order valence-electron chi connectivity index (χ3n) is 3.49. The van der Waals surface area contributed by atoms with E-state index in [1.807, 2.05) is 30.3 Å². The Morgan fingerprint density at radius 2 is 1.79 bits per heavy atom. The fraction of sp³-hybridized carbons (Fsp3) is 0.176. The lowest BCUT2D eigenvalue weighted by Crippen LogP contribution is -2.27. The van der Waals surface area contributed by atoms with Crippen LogP contribution in [0.2, 0.25) is 0 Å². The Labute approximate surface area is 140 Å². The molecular weight excluding hydrogens is 326 g/mol. The normalized spacial score (nSPS) is 11.5. The molecule has 0 aliphatic rings. The number of aromatic nitrogens is 2. The van der Waals surface area contributed by atoms with E-state index in [0.29, 0.717) is 23.6 Å². The van der Waals surface area contributed by atoms with E-state index in [4.69, 9.17) is 4.42 Å². The van der Waals surface area contributed by atoms with Crippen LogP contribution in [-0.2, 0) is 23.0 Å². The van der Waals surface area contributed by atoms with Gasteiger partial charge in [-0.1, -0.05) is 30.3 Å². The summed E-state index contributed by atoms with van der Waals surface area (Å²) in [5.41, 5.74) is 2.04. The third-order valence-corrected chi connectivity index (χ3v) is 4.82. The Hall–Kier alpha value is -2.51. The first-order chi connectivity index (χ1) is 11.6. The topological polar surface area (TPSA) is 85.1 Å². The maximum atomic E-state index is 12.2. The van der Waals surface area contributed by atoms with Gasteiger partial charge >= 0.3 is 0 Å². The molecule has 0 radical (unpaired) electrons. The second-order valence-corrected chi connectivity index (χ2v) is 7.13. The Bertz CT molecular complexity index is 878. The Morgan fingerprint density at radius 1 is 1.00 bits per heavy atom. The molecule has 0 amide bonds. The maximum absolute atomic E-state index is 12.2. The van der Waals surface area contributed by atoms with Gasteiger partial charge in [-0.25, -0.2) is 18.1 Å². The van der Waals surface area contributed by atoms with Crippen LogP contribution in [0.5, 0.6) is 0 Å². The predicted molar refractivity (Wildman–Crippen MR) is 90.5 cm³/mol. The summed E-state index contributed by atoms with van der Waals surface area (Å²) >= 11 is 0. The molecule has 0 unspecified atom stereocenters. The van der Waals surface area contributed by atoms with Gasteiger partial charge in [0.05, 0.1) is 24.3 Å². The third kappa shape index (κ3) is 4.27. The largest absolute Gasteiger partial charge is 0.463 e. The Morgan fingerprint density at radius 3 is 2.54 bits per heavy atom. The molecule has 0 saturated carbocycles. The molecule has 24 heavy (non-hydrogen) atoms. The van der Waals surface area contributed by atoms with Gasteiger partial charge in [0.15, 0.2) is 5.76 Å². The summed E-state index contributed by atoms with van der Waals surface area (Å²) in [6.07, 6.45) is 5.07. The van der Waals surface area contributed by atoms with Crippen molar-refractivity contribution >= 4 is 10.0 Å². The lowest BCUT2D eigenvalue weighted by atomic mass is 10.2. The van der Waals surface area contributed by atoms with Crippen molar-refractivity contribution in [1.29, 1.82) is 0 Å². The van der Waals surface area contributed by atoms with E-state index < -0.39 is 10.0 Å². The molecule has 0 spiro atoms. The monoisotopic (exact) mass is 343 g/mol. The van der Waals surface area contributed by atoms with Crippen LogP contribution in [0.1, 0.15) is 11.3 Å². The van der Waals surface area contributed by atoms with Crippen LogP contribution < -0.4 is 4.72 Å². The lowest BCUT2D eigenvalue weighted by Gasteiger charge is -2.08. The maximum Gasteiger partial charge on any atom is 0.212 e. The summed E-state index contributed by atoms with van der Waals surface area (Å²) in [4.78, 5) is 8.43. The molecule has 7 heteroatoms. The zero-order valence-electron chi connectivity index (χ0n) is 12.9. The molecule has 124 valence electrons. The van der Waals surface area contributed by atoms with Gasteiger partial charge in [-0.3, -0.25) is 4.98 Å². The minimum atomic E-state index is -3.41. The molecule has 0 aliphatic heterocycles. The second kappa shape index (κ2) is 7.37. The van der Waals surface area contributed by atoms with Gasteiger partial charge in [0, 0.05) is 12.4 Å². The van der Waals surface area contributed by atoms with E-state index in [1.54, 1.807) is 18.3 Å². The van der Waals surface area contributed by atoms with Crippen LogP contribution >= 0.6 is 0 Å². The number of nitrogens with zero attached hydrogens (tertiary/aromatic N) is 2. The van der Waals surface area contributed by atoms with Crippen molar-refractivity contribution in [2.24, 2.45) is 0 Å². The van der Waals surface area contributed by atoms with Crippen molar-refractivity contribution in [3.05, 3.63) is 72.4 Å². The molecule has 1 N–H and O–H groups in total. The highest BCUT2D eigenvalue weighted by molar-refractivity contribution is 7.89. The predicted octanol–water partition coefficient (Wildman–Crippen LogP) is 2.40. The molecule has 0 aliphatic carbocycles. The quantitative estimate of drug-likeness (QED) is 0.712. The molecular formula is C17H17N3O3S. The summed E-state index contributed by atoms with van der Waals surface area (Å²) in [5.74, 6) is 0.578. The zero-order valence-corrected chi connectivity index (χ0v) is 13.7. The fourth-order valence-electron chi connectivity index (χ4n) is 2.26. The molecule has 1 aromatic carbocycles. The van der Waals surface area contributed by atoms with E-state index in [1.165, 1.54) is 12.5 Å². The van der Waals surface area contributed by atoms with Crippen LogP contribution in [0.15, 0.2) is 65.5 Å². The van der Waals surface area contributed by atoms with Gasteiger partial charge in [0.2, 0.25) is 10.0 Å². The SMILES string of the molecule is O=S(=O)(CCc1ccccc1)NCc1nccnc1-c1ccco1. The van der Waals surface area contributed by atoms with Gasteiger partial charge in [-0.05, 0) is 24.1 Å². The van der Waals surface area contributed by atoms with Crippen molar-refractivity contribution in [3.8, 4) is 11.5 Å². The number of hydrogen-bond donors (Lipinski definition) is 1. The summed E-state index contributed by atoms with van der Waals surface area (Å²) in [6, 6.07) is 13.0. The number of furan rings is 1. The van der Waals surface area contributed by atoms with Crippen LogP contribution in [0.4, 0.5) is 0 Å². The second-order valence-electron chi connectivity index (χ2n) is 5.20. The molecule has 0 fully saturated rings. The molecule has 6 nitrogen and oxygen atoms in total. The highest BCUT2D eigenvalue weighted by Crippen LogP contribution is 2.19. The fourth-order valence-corrected chi connectivity index (χ4v) is 3.27. The van der Waals surface area contributed by atoms with E-state index in [2.05, 4.69) is 14.7 Å². The van der Waals surface area contributed by atoms with E-state index in [9.17, 15) is 8.42 Å². The van der Waals surface area contributed by atoms with Crippen LogP contribution in [0, 0.1) is 0 Å². The van der Waals surface area contributed by atoms with Crippen molar-refractivity contribution in [1.82, 2.24) is 14.7 Å². The molecule has 3 rings (SSSR count). The summed E-state index contributed by atoms with van der Waals surface area (Å²) < 4.78 is 32.3. The average Bonchev–Trinajstić information content (AvgIpc) is 3.14. The average molecular weight is 343 g/mol. The Kier molecular flexibility index (Phi) is 5.02. The minimum Gasteiger partial charge on any atom is -0.463 e. The van der Waals surface area contributed by atoms with Gasteiger partial charge in [0.25, 0.3) is 0 Å². The van der Waals surface area contributed by atoms with Gasteiger partial charge < -0.3 is 4.42 Å². The van der Waals surface area contributed by atoms with Gasteiger partial charge in [-0.2, -0.15) is 0 Å². The standard InChI is InChI=1S/C17H17N3O3S/c21-24(22,12-8-14-5-2-1-3-6-14)20-13-15-17(19-10-9-18-15)16-7-4-11-23-16/h1-7,9-11,20H,8,12-13H2. The van der Waals surface area contributed by atoms with E-state index in [0.717, 1.165) is 5.56 Å². The first-order valence-corrected chi connectivity index (χ1v) is 9.14. The van der Waals surface area contributed by atoms with Crippen molar-refractivity contribution in [2.45, 2.75) is 13.0 Å². The molecule has 2 aromatic heterocycles. The van der Waals surface area contributed by atoms with Gasteiger partial charge in [-0.15, -0.1) is 0 Å². The molecule has 0 bridgehead atoms. The van der Waals surface area contributed by atoms with Crippen LogP contribution in [-0.4, -0.2) is 24.1 Å². The lowest BCUT2D eigenvalue weighted by molar-refractivity contribution is 0.573. The summed E-state index contributed by atoms with van der Waals surface area (Å²) in [7, 11) is -3.41. The van der Waals surface area contributed by atoms with Gasteiger partial charge in [0.1, 0.15) is 5.69 Å². The number of aryl methyl sites for hydroxylation is 1. The number of hydrogen-bond acceptors (Lipinski definition) is 5. The molecule has 3 aromatic rings. The van der Waals surface area contributed by atoms with Crippen molar-refractivity contribution in [2.75, 3.05) is 5.75 Å². The minimum absolute atomic E-state index is 0.0212. The number of nitrogens with one attached hydrogen (secondary N) is 1. The smallest absolute Gasteiger partial charge is 0.212 e. The van der Waals surface area contributed by atoms with Crippen molar-refractivity contribution < 1.29 is 12.8 Å². The van der Waals surface area contributed by atoms with E-state index >= 15 is 0 Å². The van der Waals surface area contributed by atoms with Crippen LogP contribution in [0.3, 0.4) is 0 Å². The molecule has 0 atom stereocenters. The highest BCUT2D eigenvalue weighted by Gasteiger charge is 2.15. The summed E-state index contributed by atoms with van der Waals surface area (Å²) in [5, 5.41) is 0. The van der Waals surface area contributed by atoms with E-state index in [-0.39, 0.29) is 12.3 Å².